The molecule has 0 heterocycles. The molecular weight excluding hydrogens is 142 g/mol. The zero-order valence-electron chi connectivity index (χ0n) is 7.85. The van der Waals surface area contributed by atoms with Crippen molar-refractivity contribution in [2.24, 2.45) is 11.1 Å². The largest absolute Gasteiger partial charge is 0.353 e. The van der Waals surface area contributed by atoms with Gasteiger partial charge in [-0.25, -0.2) is 0 Å². The Morgan fingerprint density at radius 1 is 1.36 bits per heavy atom. The number of aliphatic hydroxyl groups is 1. The predicted octanol–water partition coefficient (Wildman–Crippen LogP) is 1.06. The van der Waals surface area contributed by atoms with Crippen LogP contribution in [0.15, 0.2) is 0 Å². The van der Waals surface area contributed by atoms with E-state index in [1.54, 1.807) is 6.92 Å². The summed E-state index contributed by atoms with van der Waals surface area (Å²) in [5.74, 6) is -1.47. The molecule has 0 rings (SSSR count). The van der Waals surface area contributed by atoms with Crippen molar-refractivity contribution in [2.75, 3.05) is 6.61 Å². The lowest BCUT2D eigenvalue weighted by Crippen LogP contribution is -2.45. The maximum atomic E-state index is 9.41. The Morgan fingerprint density at radius 3 is 2.09 bits per heavy atom. The van der Waals surface area contributed by atoms with Crippen LogP contribution in [0.5, 0.6) is 0 Å². The van der Waals surface area contributed by atoms with Gasteiger partial charge in [-0.1, -0.05) is 20.8 Å². The number of hydrogen-bond donors (Lipinski definition) is 2. The number of nitrogens with two attached hydrogens (primary N) is 1. The molecule has 3 N–H and O–H groups in total. The van der Waals surface area contributed by atoms with Crippen LogP contribution >= 0.6 is 0 Å². The highest BCUT2D eigenvalue weighted by Crippen LogP contribution is 2.24. The fourth-order valence-electron chi connectivity index (χ4n) is 1.06. The maximum absolute atomic E-state index is 9.41. The van der Waals surface area contributed by atoms with Gasteiger partial charge in [0.1, 0.15) is 0 Å². The van der Waals surface area contributed by atoms with E-state index in [-0.39, 0.29) is 5.41 Å². The molecule has 0 aliphatic heterocycles. The number of rotatable bonds is 3. The normalized spacial score (nSPS) is 18.0. The molecule has 0 spiro atoms. The number of ether oxygens (including phenoxy) is 1. The first-order valence-corrected chi connectivity index (χ1v) is 3.92. The molecular formula is C8H19NO2. The molecule has 0 aliphatic carbocycles. The van der Waals surface area contributed by atoms with Gasteiger partial charge in [-0.05, 0) is 12.3 Å². The van der Waals surface area contributed by atoms with Crippen molar-refractivity contribution in [3.05, 3.63) is 0 Å². The van der Waals surface area contributed by atoms with Crippen molar-refractivity contribution in [2.45, 2.75) is 40.0 Å². The van der Waals surface area contributed by atoms with Crippen LogP contribution in [0.4, 0.5) is 0 Å². The molecule has 3 nitrogen and oxygen atoms in total. The first-order chi connectivity index (χ1) is 4.77. The molecule has 0 fully saturated rings. The summed E-state index contributed by atoms with van der Waals surface area (Å²) < 4.78 is 4.94. The minimum Gasteiger partial charge on any atom is -0.353 e. The molecule has 3 heteroatoms. The van der Waals surface area contributed by atoms with Gasteiger partial charge in [0, 0.05) is 13.0 Å². The van der Waals surface area contributed by atoms with Gasteiger partial charge in [0.15, 0.2) is 0 Å². The van der Waals surface area contributed by atoms with Crippen LogP contribution in [-0.2, 0) is 4.74 Å². The van der Waals surface area contributed by atoms with E-state index in [0.29, 0.717) is 13.0 Å². The minimum absolute atomic E-state index is 0.0152. The van der Waals surface area contributed by atoms with Crippen LogP contribution in [0.2, 0.25) is 0 Å². The predicted molar refractivity (Wildman–Crippen MR) is 44.8 cm³/mol. The van der Waals surface area contributed by atoms with Gasteiger partial charge in [0.05, 0.1) is 0 Å². The molecule has 0 saturated heterocycles. The summed E-state index contributed by atoms with van der Waals surface area (Å²) in [6.07, 6.45) is 0.438. The Hall–Kier alpha value is -0.120. The smallest absolute Gasteiger partial charge is 0.222 e. The Bertz CT molecular complexity index is 116. The van der Waals surface area contributed by atoms with Crippen LogP contribution in [0.1, 0.15) is 34.1 Å². The van der Waals surface area contributed by atoms with Gasteiger partial charge < -0.3 is 9.84 Å². The summed E-state index contributed by atoms with van der Waals surface area (Å²) in [4.78, 5) is 0. The van der Waals surface area contributed by atoms with E-state index in [9.17, 15) is 5.11 Å². The van der Waals surface area contributed by atoms with E-state index in [4.69, 9.17) is 10.5 Å². The van der Waals surface area contributed by atoms with E-state index in [1.807, 2.05) is 20.8 Å². The van der Waals surface area contributed by atoms with Gasteiger partial charge in [-0.15, -0.1) is 0 Å². The molecule has 0 saturated carbocycles. The summed E-state index contributed by atoms with van der Waals surface area (Å²) in [6.45, 7) is 8.25. The molecule has 1 atom stereocenters. The molecule has 0 radical (unpaired) electrons. The minimum atomic E-state index is -1.47. The lowest BCUT2D eigenvalue weighted by Gasteiger charge is -2.29. The first kappa shape index (κ1) is 10.9. The van der Waals surface area contributed by atoms with Gasteiger partial charge >= 0.3 is 0 Å². The van der Waals surface area contributed by atoms with Crippen LogP contribution in [0, 0.1) is 5.41 Å². The molecule has 0 amide bonds. The second-order valence-electron chi connectivity index (χ2n) is 4.02. The van der Waals surface area contributed by atoms with Crippen molar-refractivity contribution in [3.8, 4) is 0 Å². The van der Waals surface area contributed by atoms with Crippen molar-refractivity contribution in [1.29, 1.82) is 0 Å². The lowest BCUT2D eigenvalue weighted by atomic mass is 9.90. The highest BCUT2D eigenvalue weighted by atomic mass is 16.6. The average Bonchev–Trinajstić information content (AvgIpc) is 1.55. The Morgan fingerprint density at radius 2 is 1.82 bits per heavy atom. The first-order valence-electron chi connectivity index (χ1n) is 3.92. The highest BCUT2D eigenvalue weighted by molar-refractivity contribution is 4.69. The molecule has 0 bridgehead atoms. The summed E-state index contributed by atoms with van der Waals surface area (Å²) in [6, 6.07) is 0. The molecule has 0 aromatic heterocycles. The van der Waals surface area contributed by atoms with Crippen LogP contribution in [0.25, 0.3) is 0 Å². The SMILES string of the molecule is CCOC(N)(O)CC(C)(C)C. The van der Waals surface area contributed by atoms with Gasteiger partial charge in [-0.3, -0.25) is 5.73 Å². The third kappa shape index (κ3) is 6.28. The van der Waals surface area contributed by atoms with E-state index in [0.717, 1.165) is 0 Å². The van der Waals surface area contributed by atoms with Gasteiger partial charge in [0.2, 0.25) is 5.91 Å². The van der Waals surface area contributed by atoms with Crippen molar-refractivity contribution in [3.63, 3.8) is 0 Å². The summed E-state index contributed by atoms with van der Waals surface area (Å²) >= 11 is 0. The van der Waals surface area contributed by atoms with E-state index in [1.165, 1.54) is 0 Å². The molecule has 1 unspecified atom stereocenters. The molecule has 68 valence electrons. The summed E-state index contributed by atoms with van der Waals surface area (Å²) in [5.41, 5.74) is 5.43. The Kier molecular flexibility index (Phi) is 3.48. The third-order valence-corrected chi connectivity index (χ3v) is 1.18. The van der Waals surface area contributed by atoms with E-state index >= 15 is 0 Å². The molecule has 11 heavy (non-hydrogen) atoms. The van der Waals surface area contributed by atoms with Crippen LogP contribution in [-0.4, -0.2) is 17.6 Å². The average molecular weight is 161 g/mol. The topological polar surface area (TPSA) is 55.5 Å². The standard InChI is InChI=1S/C8H19NO2/c1-5-11-8(9,10)6-7(2,3)4/h10H,5-6,9H2,1-4H3. The van der Waals surface area contributed by atoms with E-state index in [2.05, 4.69) is 0 Å². The fourth-order valence-corrected chi connectivity index (χ4v) is 1.06. The monoisotopic (exact) mass is 161 g/mol. The Labute approximate surface area is 68.5 Å². The van der Waals surface area contributed by atoms with Crippen LogP contribution in [0.3, 0.4) is 0 Å². The zero-order chi connectivity index (χ0) is 9.12. The molecule has 0 aliphatic rings. The van der Waals surface area contributed by atoms with E-state index < -0.39 is 5.91 Å². The zero-order valence-corrected chi connectivity index (χ0v) is 7.85. The fraction of sp³-hybridized carbons (Fsp3) is 1.00. The summed E-state index contributed by atoms with van der Waals surface area (Å²) in [7, 11) is 0. The van der Waals surface area contributed by atoms with Crippen molar-refractivity contribution in [1.82, 2.24) is 0 Å². The second kappa shape index (κ2) is 3.52. The van der Waals surface area contributed by atoms with Crippen molar-refractivity contribution < 1.29 is 9.84 Å². The quantitative estimate of drug-likeness (QED) is 0.609. The molecule has 0 aromatic carbocycles. The van der Waals surface area contributed by atoms with Crippen molar-refractivity contribution >= 4 is 0 Å². The third-order valence-electron chi connectivity index (χ3n) is 1.18. The van der Waals surface area contributed by atoms with Gasteiger partial charge in [0.25, 0.3) is 0 Å². The lowest BCUT2D eigenvalue weighted by molar-refractivity contribution is -0.212. The van der Waals surface area contributed by atoms with Crippen LogP contribution < -0.4 is 5.73 Å². The summed E-state index contributed by atoms with van der Waals surface area (Å²) in [5, 5.41) is 9.41. The van der Waals surface area contributed by atoms with Gasteiger partial charge in [-0.2, -0.15) is 0 Å². The maximum Gasteiger partial charge on any atom is 0.222 e. The number of hydrogen-bond acceptors (Lipinski definition) is 3. The highest BCUT2D eigenvalue weighted by Gasteiger charge is 2.28. The Balaban J connectivity index is 3.91. The molecule has 0 aromatic rings. The second-order valence-corrected chi connectivity index (χ2v) is 4.02.